The minimum atomic E-state index is -0.182. The Labute approximate surface area is 130 Å². The number of rotatable bonds is 3. The first kappa shape index (κ1) is 14.9. The fourth-order valence-electron chi connectivity index (χ4n) is 2.95. The Bertz CT molecular complexity index is 640. The topological polar surface area (TPSA) is 32.3 Å². The summed E-state index contributed by atoms with van der Waals surface area (Å²) in [5, 5.41) is 0. The van der Waals surface area contributed by atoms with E-state index in [1.807, 2.05) is 26.2 Å². The Morgan fingerprint density at radius 3 is 2.55 bits per heavy atom. The van der Waals surface area contributed by atoms with E-state index in [9.17, 15) is 4.39 Å². The molecule has 22 heavy (non-hydrogen) atoms. The molecule has 1 aliphatic heterocycles. The van der Waals surface area contributed by atoms with E-state index < -0.39 is 0 Å². The zero-order chi connectivity index (χ0) is 15.5. The Kier molecular flexibility index (Phi) is 4.34. The Morgan fingerprint density at radius 1 is 1.09 bits per heavy atom. The first-order valence-corrected chi connectivity index (χ1v) is 7.60. The molecule has 2 heterocycles. The summed E-state index contributed by atoms with van der Waals surface area (Å²) in [4.78, 5) is 13.3. The van der Waals surface area contributed by atoms with Crippen LogP contribution in [0.25, 0.3) is 0 Å². The van der Waals surface area contributed by atoms with Crippen molar-refractivity contribution in [1.29, 1.82) is 0 Å². The molecule has 0 spiro atoms. The van der Waals surface area contributed by atoms with Gasteiger partial charge in [-0.15, -0.1) is 0 Å². The number of hydrogen-bond donors (Lipinski definition) is 0. The molecular formula is C17H21FN4. The zero-order valence-electron chi connectivity index (χ0n) is 13.1. The highest BCUT2D eigenvalue weighted by Gasteiger charge is 2.19. The molecule has 5 heteroatoms. The molecule has 116 valence electrons. The molecule has 0 radical (unpaired) electrons. The smallest absolute Gasteiger partial charge is 0.134 e. The van der Waals surface area contributed by atoms with Crippen molar-refractivity contribution in [2.75, 3.05) is 32.1 Å². The third-order valence-electron chi connectivity index (χ3n) is 4.10. The predicted octanol–water partition coefficient (Wildman–Crippen LogP) is 2.28. The van der Waals surface area contributed by atoms with Gasteiger partial charge in [-0.3, -0.25) is 4.90 Å². The molecule has 0 amide bonds. The maximum Gasteiger partial charge on any atom is 0.134 e. The van der Waals surface area contributed by atoms with Gasteiger partial charge < -0.3 is 4.90 Å². The van der Waals surface area contributed by atoms with Crippen molar-refractivity contribution in [3.63, 3.8) is 0 Å². The second-order valence-electron chi connectivity index (χ2n) is 5.92. The summed E-state index contributed by atoms with van der Waals surface area (Å²) in [5.41, 5.74) is 3.56. The van der Waals surface area contributed by atoms with Gasteiger partial charge in [-0.25, -0.2) is 14.4 Å². The van der Waals surface area contributed by atoms with Crippen LogP contribution in [0.2, 0.25) is 0 Å². The molecule has 0 fully saturated rings. The third-order valence-corrected chi connectivity index (χ3v) is 4.10. The summed E-state index contributed by atoms with van der Waals surface area (Å²) in [7, 11) is 4.04. The number of anilines is 1. The summed E-state index contributed by atoms with van der Waals surface area (Å²) >= 11 is 0. The highest BCUT2D eigenvalue weighted by atomic mass is 19.1. The van der Waals surface area contributed by atoms with Gasteiger partial charge in [0.05, 0.1) is 5.69 Å². The number of halogens is 1. The fourth-order valence-corrected chi connectivity index (χ4v) is 2.95. The van der Waals surface area contributed by atoms with Crippen molar-refractivity contribution < 1.29 is 4.39 Å². The van der Waals surface area contributed by atoms with Crippen LogP contribution >= 0.6 is 0 Å². The molecule has 2 aromatic rings. The van der Waals surface area contributed by atoms with Gasteiger partial charge >= 0.3 is 0 Å². The average molecular weight is 300 g/mol. The first-order valence-electron chi connectivity index (χ1n) is 7.60. The normalized spacial score (nSPS) is 15.2. The number of nitrogens with zero attached hydrogens (tertiary/aromatic N) is 4. The van der Waals surface area contributed by atoms with Gasteiger partial charge in [0.25, 0.3) is 0 Å². The maximum atomic E-state index is 13.0. The highest BCUT2D eigenvalue weighted by Crippen LogP contribution is 2.22. The van der Waals surface area contributed by atoms with E-state index in [0.717, 1.165) is 49.6 Å². The standard InChI is InChI=1S/C17H21FN4/c1-21(2)17-15-7-9-22(10-8-16(15)19-12-20-17)11-13-3-5-14(18)6-4-13/h3-6,12H,7-11H2,1-2H3. The van der Waals surface area contributed by atoms with Gasteiger partial charge in [0.15, 0.2) is 0 Å². The minimum Gasteiger partial charge on any atom is -0.362 e. The molecular weight excluding hydrogens is 279 g/mol. The molecule has 1 aromatic carbocycles. The van der Waals surface area contributed by atoms with Crippen LogP contribution in [0.4, 0.5) is 10.2 Å². The largest absolute Gasteiger partial charge is 0.362 e. The van der Waals surface area contributed by atoms with E-state index >= 15 is 0 Å². The van der Waals surface area contributed by atoms with Crippen molar-refractivity contribution in [2.45, 2.75) is 19.4 Å². The number of aromatic nitrogens is 2. The average Bonchev–Trinajstić information content (AvgIpc) is 2.72. The number of hydrogen-bond acceptors (Lipinski definition) is 4. The van der Waals surface area contributed by atoms with Crippen LogP contribution in [0.15, 0.2) is 30.6 Å². The van der Waals surface area contributed by atoms with E-state index in [-0.39, 0.29) is 5.82 Å². The summed E-state index contributed by atoms with van der Waals surface area (Å²) < 4.78 is 13.0. The second kappa shape index (κ2) is 6.40. The van der Waals surface area contributed by atoms with Gasteiger partial charge in [-0.2, -0.15) is 0 Å². The molecule has 1 aromatic heterocycles. The monoisotopic (exact) mass is 300 g/mol. The van der Waals surface area contributed by atoms with E-state index in [2.05, 4.69) is 19.8 Å². The highest BCUT2D eigenvalue weighted by molar-refractivity contribution is 5.48. The summed E-state index contributed by atoms with van der Waals surface area (Å²) in [6.07, 6.45) is 3.54. The Hall–Kier alpha value is -2.01. The summed E-state index contributed by atoms with van der Waals surface area (Å²) in [5.74, 6) is 0.839. The lowest BCUT2D eigenvalue weighted by atomic mass is 10.1. The zero-order valence-corrected chi connectivity index (χ0v) is 13.1. The Morgan fingerprint density at radius 2 is 1.82 bits per heavy atom. The molecule has 0 aliphatic carbocycles. The molecule has 0 N–H and O–H groups in total. The van der Waals surface area contributed by atoms with Gasteiger partial charge in [0.2, 0.25) is 0 Å². The lowest BCUT2D eigenvalue weighted by molar-refractivity contribution is 0.279. The molecule has 1 aliphatic rings. The maximum absolute atomic E-state index is 13.0. The lowest BCUT2D eigenvalue weighted by Crippen LogP contribution is -2.26. The minimum absolute atomic E-state index is 0.182. The predicted molar refractivity (Wildman–Crippen MR) is 85.4 cm³/mol. The van der Waals surface area contributed by atoms with Crippen LogP contribution in [0.3, 0.4) is 0 Å². The number of fused-ring (bicyclic) bond motifs is 1. The molecule has 0 saturated heterocycles. The van der Waals surface area contributed by atoms with Crippen molar-refractivity contribution >= 4 is 5.82 Å². The van der Waals surface area contributed by atoms with Crippen LogP contribution in [-0.4, -0.2) is 42.1 Å². The van der Waals surface area contributed by atoms with Crippen molar-refractivity contribution in [3.8, 4) is 0 Å². The van der Waals surface area contributed by atoms with Crippen LogP contribution in [0.5, 0.6) is 0 Å². The molecule has 0 bridgehead atoms. The quantitative estimate of drug-likeness (QED) is 0.870. The SMILES string of the molecule is CN(C)c1ncnc2c1CCN(Cc1ccc(F)cc1)CC2. The third kappa shape index (κ3) is 3.25. The number of benzene rings is 1. The van der Waals surface area contributed by atoms with E-state index in [1.54, 1.807) is 6.33 Å². The van der Waals surface area contributed by atoms with Gasteiger partial charge in [0, 0.05) is 45.7 Å². The lowest BCUT2D eigenvalue weighted by Gasteiger charge is -2.20. The fraction of sp³-hybridized carbons (Fsp3) is 0.412. The van der Waals surface area contributed by atoms with Crippen molar-refractivity contribution in [2.24, 2.45) is 0 Å². The Balaban J connectivity index is 1.73. The van der Waals surface area contributed by atoms with Crippen LogP contribution in [0.1, 0.15) is 16.8 Å². The van der Waals surface area contributed by atoms with Crippen molar-refractivity contribution in [3.05, 3.63) is 53.2 Å². The second-order valence-corrected chi connectivity index (χ2v) is 5.92. The van der Waals surface area contributed by atoms with Gasteiger partial charge in [0.1, 0.15) is 18.0 Å². The molecule has 0 atom stereocenters. The van der Waals surface area contributed by atoms with E-state index in [1.165, 1.54) is 17.7 Å². The summed E-state index contributed by atoms with van der Waals surface area (Å²) in [6, 6.07) is 6.77. The van der Waals surface area contributed by atoms with E-state index in [4.69, 9.17) is 0 Å². The van der Waals surface area contributed by atoms with E-state index in [0.29, 0.717) is 0 Å². The first-order chi connectivity index (χ1) is 10.6. The molecule has 0 unspecified atom stereocenters. The molecule has 0 saturated carbocycles. The van der Waals surface area contributed by atoms with Gasteiger partial charge in [-0.1, -0.05) is 12.1 Å². The van der Waals surface area contributed by atoms with Gasteiger partial charge in [-0.05, 0) is 24.1 Å². The van der Waals surface area contributed by atoms with Crippen LogP contribution in [-0.2, 0) is 19.4 Å². The molecule has 3 rings (SSSR count). The summed E-state index contributed by atoms with van der Waals surface area (Å²) in [6.45, 7) is 2.78. The molecule has 4 nitrogen and oxygen atoms in total. The van der Waals surface area contributed by atoms with Crippen LogP contribution < -0.4 is 4.90 Å². The van der Waals surface area contributed by atoms with Crippen LogP contribution in [0, 0.1) is 5.82 Å². The van der Waals surface area contributed by atoms with Crippen molar-refractivity contribution in [1.82, 2.24) is 14.9 Å².